The van der Waals surface area contributed by atoms with Crippen LogP contribution in [0.4, 0.5) is 5.69 Å². The molecule has 0 aliphatic carbocycles. The van der Waals surface area contributed by atoms with Gasteiger partial charge in [-0.2, -0.15) is 0 Å². The zero-order valence-corrected chi connectivity index (χ0v) is 17.4. The van der Waals surface area contributed by atoms with E-state index in [9.17, 15) is 9.59 Å². The van der Waals surface area contributed by atoms with Gasteiger partial charge in [0.1, 0.15) is 0 Å². The van der Waals surface area contributed by atoms with Crippen molar-refractivity contribution in [1.29, 1.82) is 0 Å². The number of pyridine rings is 2. The number of amides is 1. The fourth-order valence-corrected chi connectivity index (χ4v) is 3.86. The normalized spacial score (nSPS) is 14.3. The molecule has 1 fully saturated rings. The Labute approximate surface area is 175 Å². The molecule has 0 spiro atoms. The molecule has 0 radical (unpaired) electrons. The average molecular weight is 406 g/mol. The molecule has 1 saturated heterocycles. The molecule has 0 unspecified atom stereocenters. The van der Waals surface area contributed by atoms with E-state index in [4.69, 9.17) is 4.74 Å². The molecule has 156 valence electrons. The van der Waals surface area contributed by atoms with Gasteiger partial charge in [0.05, 0.1) is 28.8 Å². The van der Waals surface area contributed by atoms with Crippen LogP contribution < -0.4 is 10.5 Å². The van der Waals surface area contributed by atoms with Crippen molar-refractivity contribution < 1.29 is 9.53 Å². The summed E-state index contributed by atoms with van der Waals surface area (Å²) in [5.74, 6) is -0.0682. The van der Waals surface area contributed by atoms with E-state index in [0.717, 1.165) is 13.1 Å². The van der Waals surface area contributed by atoms with Crippen molar-refractivity contribution >= 4 is 22.5 Å². The summed E-state index contributed by atoms with van der Waals surface area (Å²) in [6.07, 6.45) is 1.72. The molecule has 0 saturated carbocycles. The van der Waals surface area contributed by atoms with Crippen molar-refractivity contribution in [2.75, 3.05) is 44.8 Å². The zero-order valence-electron chi connectivity index (χ0n) is 17.4. The summed E-state index contributed by atoms with van der Waals surface area (Å²) in [6, 6.07) is 13.7. The zero-order chi connectivity index (χ0) is 21.1. The number of aromatic nitrogens is 2. The number of fused-ring (bicyclic) bond motifs is 1. The average Bonchev–Trinajstić information content (AvgIpc) is 2.79. The first kappa shape index (κ1) is 20.1. The quantitative estimate of drug-likeness (QED) is 0.651. The van der Waals surface area contributed by atoms with Crippen molar-refractivity contribution in [2.45, 2.75) is 13.5 Å². The molecule has 0 atom stereocenters. The number of benzene rings is 1. The predicted octanol–water partition coefficient (Wildman–Crippen LogP) is 2.31. The SMILES string of the molecule is COCCn1ccc2nc(C)c(C(=O)N3CCN(c4ccccc4)CC3)cc2c1=O. The van der Waals surface area contributed by atoms with Crippen LogP contribution in [0.1, 0.15) is 16.1 Å². The highest BCUT2D eigenvalue weighted by molar-refractivity contribution is 5.98. The minimum absolute atomic E-state index is 0.0682. The maximum absolute atomic E-state index is 13.2. The molecule has 2 aromatic heterocycles. The number of rotatable bonds is 5. The topological polar surface area (TPSA) is 67.7 Å². The molecule has 0 N–H and O–H groups in total. The van der Waals surface area contributed by atoms with Crippen LogP contribution in [0.5, 0.6) is 0 Å². The Balaban J connectivity index is 1.56. The number of methoxy groups -OCH3 is 1. The fraction of sp³-hybridized carbons (Fsp3) is 0.348. The number of para-hydroxylation sites is 1. The van der Waals surface area contributed by atoms with Gasteiger partial charge in [-0.1, -0.05) is 18.2 Å². The Morgan fingerprint density at radius 3 is 2.53 bits per heavy atom. The summed E-state index contributed by atoms with van der Waals surface area (Å²) in [5, 5.41) is 0.463. The largest absolute Gasteiger partial charge is 0.383 e. The summed E-state index contributed by atoms with van der Waals surface area (Å²) >= 11 is 0. The van der Waals surface area contributed by atoms with E-state index < -0.39 is 0 Å². The van der Waals surface area contributed by atoms with Crippen LogP contribution in [0.2, 0.25) is 0 Å². The van der Waals surface area contributed by atoms with Crippen molar-refractivity contribution in [3.8, 4) is 0 Å². The molecule has 7 heteroatoms. The molecule has 1 amide bonds. The first-order valence-electron chi connectivity index (χ1n) is 10.2. The van der Waals surface area contributed by atoms with Gasteiger partial charge in [-0.05, 0) is 31.2 Å². The summed E-state index contributed by atoms with van der Waals surface area (Å²) in [7, 11) is 1.60. The number of carbonyl (C=O) groups excluding carboxylic acids is 1. The van der Waals surface area contributed by atoms with Gasteiger partial charge >= 0.3 is 0 Å². The van der Waals surface area contributed by atoms with Crippen LogP contribution in [0.25, 0.3) is 10.9 Å². The van der Waals surface area contributed by atoms with Crippen LogP contribution in [-0.4, -0.2) is 60.3 Å². The Morgan fingerprint density at radius 2 is 1.83 bits per heavy atom. The number of nitrogens with zero attached hydrogens (tertiary/aromatic N) is 4. The van der Waals surface area contributed by atoms with Crippen LogP contribution in [0.3, 0.4) is 0 Å². The number of anilines is 1. The molecule has 3 heterocycles. The molecular weight excluding hydrogens is 380 g/mol. The number of carbonyl (C=O) groups is 1. The van der Waals surface area contributed by atoms with E-state index in [0.29, 0.717) is 48.4 Å². The van der Waals surface area contributed by atoms with Gasteiger partial charge in [-0.25, -0.2) is 0 Å². The summed E-state index contributed by atoms with van der Waals surface area (Å²) in [6.45, 7) is 5.56. The highest BCUT2D eigenvalue weighted by Gasteiger charge is 2.24. The third kappa shape index (κ3) is 3.93. The molecule has 3 aromatic rings. The molecule has 1 aliphatic heterocycles. The van der Waals surface area contributed by atoms with Crippen molar-refractivity contribution in [3.63, 3.8) is 0 Å². The number of aryl methyl sites for hydroxylation is 1. The van der Waals surface area contributed by atoms with E-state index in [1.54, 1.807) is 23.9 Å². The summed E-state index contributed by atoms with van der Waals surface area (Å²) in [5.41, 5.74) is 2.77. The second kappa shape index (κ2) is 8.67. The molecule has 1 aliphatic rings. The van der Waals surface area contributed by atoms with E-state index in [1.807, 2.05) is 36.1 Å². The molecule has 0 bridgehead atoms. The smallest absolute Gasteiger partial charge is 0.260 e. The number of piperazine rings is 1. The molecule has 1 aromatic carbocycles. The first-order valence-corrected chi connectivity index (χ1v) is 10.2. The van der Waals surface area contributed by atoms with Gasteiger partial charge in [-0.3, -0.25) is 14.6 Å². The number of hydrogen-bond donors (Lipinski definition) is 0. The minimum atomic E-state index is -0.153. The van der Waals surface area contributed by atoms with Gasteiger partial charge in [0.15, 0.2) is 0 Å². The van der Waals surface area contributed by atoms with Gasteiger partial charge in [-0.15, -0.1) is 0 Å². The minimum Gasteiger partial charge on any atom is -0.383 e. The van der Waals surface area contributed by atoms with Gasteiger partial charge in [0, 0.05) is 51.7 Å². The van der Waals surface area contributed by atoms with Crippen LogP contribution >= 0.6 is 0 Å². The number of hydrogen-bond acceptors (Lipinski definition) is 5. The lowest BCUT2D eigenvalue weighted by molar-refractivity contribution is 0.0745. The highest BCUT2D eigenvalue weighted by Crippen LogP contribution is 2.19. The summed E-state index contributed by atoms with van der Waals surface area (Å²) < 4.78 is 6.67. The number of ether oxygens (including phenoxy) is 1. The van der Waals surface area contributed by atoms with Gasteiger partial charge in [0.2, 0.25) is 0 Å². The lowest BCUT2D eigenvalue weighted by Gasteiger charge is -2.36. The molecule has 7 nitrogen and oxygen atoms in total. The lowest BCUT2D eigenvalue weighted by atomic mass is 10.1. The van der Waals surface area contributed by atoms with Gasteiger partial charge < -0.3 is 19.1 Å². The third-order valence-electron chi connectivity index (χ3n) is 5.60. The molecule has 30 heavy (non-hydrogen) atoms. The van der Waals surface area contributed by atoms with E-state index in [1.165, 1.54) is 5.69 Å². The standard InChI is InChI=1S/C23H26N4O3/c1-17-19(16-20-21(24-17)8-9-26(23(20)29)14-15-30-2)22(28)27-12-10-25(11-13-27)18-6-4-3-5-7-18/h3-9,16H,10-15H2,1-2H3. The van der Waals surface area contributed by atoms with Crippen molar-refractivity contribution in [3.05, 3.63) is 70.3 Å². The third-order valence-corrected chi connectivity index (χ3v) is 5.60. The molecule has 4 rings (SSSR count). The maximum atomic E-state index is 13.2. The van der Waals surface area contributed by atoms with Crippen LogP contribution in [0.15, 0.2) is 53.5 Å². The van der Waals surface area contributed by atoms with Crippen LogP contribution in [0, 0.1) is 6.92 Å². The Kier molecular flexibility index (Phi) is 5.81. The maximum Gasteiger partial charge on any atom is 0.260 e. The predicted molar refractivity (Wildman–Crippen MR) is 117 cm³/mol. The van der Waals surface area contributed by atoms with Crippen LogP contribution in [-0.2, 0) is 11.3 Å². The van der Waals surface area contributed by atoms with E-state index in [-0.39, 0.29) is 11.5 Å². The van der Waals surface area contributed by atoms with E-state index in [2.05, 4.69) is 22.0 Å². The van der Waals surface area contributed by atoms with Crippen molar-refractivity contribution in [2.24, 2.45) is 0 Å². The molecular formula is C23H26N4O3. The van der Waals surface area contributed by atoms with E-state index >= 15 is 0 Å². The Morgan fingerprint density at radius 1 is 1.10 bits per heavy atom. The monoisotopic (exact) mass is 406 g/mol. The Bertz CT molecular complexity index is 1100. The second-order valence-corrected chi connectivity index (χ2v) is 7.48. The summed E-state index contributed by atoms with van der Waals surface area (Å²) in [4.78, 5) is 34.7. The first-order chi connectivity index (χ1) is 14.6. The second-order valence-electron chi connectivity index (χ2n) is 7.48. The fourth-order valence-electron chi connectivity index (χ4n) is 3.86. The Hall–Kier alpha value is -3.19. The van der Waals surface area contributed by atoms with Gasteiger partial charge in [0.25, 0.3) is 11.5 Å². The highest BCUT2D eigenvalue weighted by atomic mass is 16.5. The lowest BCUT2D eigenvalue weighted by Crippen LogP contribution is -2.49. The van der Waals surface area contributed by atoms with Crippen molar-refractivity contribution in [1.82, 2.24) is 14.5 Å².